The van der Waals surface area contributed by atoms with E-state index in [1.165, 1.54) is 11.3 Å². The summed E-state index contributed by atoms with van der Waals surface area (Å²) >= 11 is 1.47. The van der Waals surface area contributed by atoms with E-state index in [-0.39, 0.29) is 0 Å². The van der Waals surface area contributed by atoms with E-state index in [1.807, 2.05) is 30.3 Å². The Hall–Kier alpha value is -1.02. The zero-order chi connectivity index (χ0) is 12.6. The minimum Gasteiger partial charge on any atom is -0.339 e. The molecule has 0 radical (unpaired) electrons. The van der Waals surface area contributed by atoms with Crippen LogP contribution in [0.5, 0.6) is 0 Å². The number of hydrogen-bond donors (Lipinski definition) is 4. The number of hydrogen-bond acceptors (Lipinski definition) is 6. The molecule has 2 rings (SSSR count). The smallest absolute Gasteiger partial charge is 0.309 e. The van der Waals surface area contributed by atoms with Gasteiger partial charge in [0.05, 0.1) is 6.04 Å². The standard InChI is InChI=1S/C11H14N2O3S/c1-7(13(16)11(12,14)15)10-6-8-4-2-3-5-9(8)17-10/h2-7,14-16H,12H2,1H3. The first-order chi connectivity index (χ1) is 7.89. The van der Waals surface area contributed by atoms with Crippen LogP contribution in [0.3, 0.4) is 0 Å². The van der Waals surface area contributed by atoms with Crippen LogP contribution in [0.25, 0.3) is 10.1 Å². The number of rotatable bonds is 3. The highest BCUT2D eigenvalue weighted by molar-refractivity contribution is 7.19. The molecule has 0 amide bonds. The fraction of sp³-hybridized carbons (Fsp3) is 0.273. The molecule has 0 aliphatic carbocycles. The SMILES string of the molecule is CC(c1cc2ccccc2s1)N(O)C(N)(O)O. The number of benzene rings is 1. The Bertz CT molecular complexity index is 488. The fourth-order valence-corrected chi connectivity index (χ4v) is 2.72. The first-order valence-corrected chi connectivity index (χ1v) is 5.91. The van der Waals surface area contributed by atoms with Crippen molar-refractivity contribution in [3.8, 4) is 0 Å². The topological polar surface area (TPSA) is 90.0 Å². The van der Waals surface area contributed by atoms with Crippen molar-refractivity contribution in [1.29, 1.82) is 0 Å². The first kappa shape index (κ1) is 12.4. The van der Waals surface area contributed by atoms with Crippen LogP contribution in [0.2, 0.25) is 0 Å². The number of thiophene rings is 1. The van der Waals surface area contributed by atoms with Crippen LogP contribution in [-0.4, -0.2) is 26.5 Å². The molecule has 1 unspecified atom stereocenters. The Kier molecular flexibility index (Phi) is 3.17. The van der Waals surface area contributed by atoms with Gasteiger partial charge in [0, 0.05) is 9.58 Å². The lowest BCUT2D eigenvalue weighted by Crippen LogP contribution is -2.55. The average Bonchev–Trinajstić information content (AvgIpc) is 2.69. The zero-order valence-electron chi connectivity index (χ0n) is 9.24. The third-order valence-electron chi connectivity index (χ3n) is 2.56. The fourth-order valence-electron chi connectivity index (χ4n) is 1.61. The van der Waals surface area contributed by atoms with Crippen molar-refractivity contribution in [2.45, 2.75) is 19.0 Å². The number of fused-ring (bicyclic) bond motifs is 1. The Labute approximate surface area is 102 Å². The van der Waals surface area contributed by atoms with Crippen molar-refractivity contribution < 1.29 is 15.4 Å². The molecule has 1 heterocycles. The molecule has 0 bridgehead atoms. The van der Waals surface area contributed by atoms with Crippen molar-refractivity contribution in [1.82, 2.24) is 5.06 Å². The number of hydroxylamine groups is 2. The van der Waals surface area contributed by atoms with E-state index in [1.54, 1.807) is 6.92 Å². The molecule has 6 heteroatoms. The lowest BCUT2D eigenvalue weighted by atomic mass is 10.2. The molecule has 0 aliphatic heterocycles. The van der Waals surface area contributed by atoms with Gasteiger partial charge in [-0.3, -0.25) is 5.73 Å². The van der Waals surface area contributed by atoms with Gasteiger partial charge in [-0.05, 0) is 24.4 Å². The van der Waals surface area contributed by atoms with Gasteiger partial charge in [0.1, 0.15) is 0 Å². The largest absolute Gasteiger partial charge is 0.339 e. The molecule has 1 atom stereocenters. The number of nitrogens with two attached hydrogens (primary N) is 1. The maximum atomic E-state index is 9.55. The average molecular weight is 254 g/mol. The van der Waals surface area contributed by atoms with Crippen molar-refractivity contribution >= 4 is 21.4 Å². The minimum atomic E-state index is -2.74. The van der Waals surface area contributed by atoms with Gasteiger partial charge in [0.15, 0.2) is 0 Å². The predicted molar refractivity (Wildman–Crippen MR) is 65.2 cm³/mol. The van der Waals surface area contributed by atoms with Gasteiger partial charge in [-0.2, -0.15) is 0 Å². The molecule has 0 saturated carbocycles. The third kappa shape index (κ3) is 2.47. The van der Waals surface area contributed by atoms with E-state index in [0.717, 1.165) is 15.0 Å². The van der Waals surface area contributed by atoms with Crippen LogP contribution < -0.4 is 5.73 Å². The van der Waals surface area contributed by atoms with Crippen molar-refractivity contribution in [2.75, 3.05) is 0 Å². The molecule has 0 aliphatic rings. The number of aliphatic hydroxyl groups is 2. The van der Waals surface area contributed by atoms with Gasteiger partial charge < -0.3 is 15.4 Å². The molecule has 5 nitrogen and oxygen atoms in total. The summed E-state index contributed by atoms with van der Waals surface area (Å²) in [5.74, 6) is 0. The van der Waals surface area contributed by atoms with Crippen molar-refractivity contribution in [3.05, 3.63) is 35.2 Å². The molecule has 92 valence electrons. The summed E-state index contributed by atoms with van der Waals surface area (Å²) in [6.45, 7) is 1.64. The highest BCUT2D eigenvalue weighted by Gasteiger charge is 2.31. The zero-order valence-corrected chi connectivity index (χ0v) is 10.1. The summed E-state index contributed by atoms with van der Waals surface area (Å²) in [5, 5.41) is 29.1. The van der Waals surface area contributed by atoms with Gasteiger partial charge in [-0.15, -0.1) is 16.4 Å². The van der Waals surface area contributed by atoms with Gasteiger partial charge >= 0.3 is 6.03 Å². The Morgan fingerprint density at radius 3 is 2.59 bits per heavy atom. The van der Waals surface area contributed by atoms with Crippen LogP contribution in [0.1, 0.15) is 17.8 Å². The highest BCUT2D eigenvalue weighted by Crippen LogP contribution is 2.32. The van der Waals surface area contributed by atoms with Crippen LogP contribution in [-0.2, 0) is 0 Å². The molecular weight excluding hydrogens is 240 g/mol. The summed E-state index contributed by atoms with van der Waals surface area (Å²) in [5.41, 5.74) is 5.00. The van der Waals surface area contributed by atoms with Gasteiger partial charge in [-0.1, -0.05) is 18.2 Å². The minimum absolute atomic E-state index is 0.317. The first-order valence-electron chi connectivity index (χ1n) is 5.10. The lowest BCUT2D eigenvalue weighted by molar-refractivity contribution is -0.372. The Morgan fingerprint density at radius 2 is 2.00 bits per heavy atom. The molecule has 2 aromatic rings. The second-order valence-electron chi connectivity index (χ2n) is 3.89. The predicted octanol–water partition coefficient (Wildman–Crippen LogP) is 1.21. The van der Waals surface area contributed by atoms with Crippen LogP contribution in [0.15, 0.2) is 30.3 Å². The Morgan fingerprint density at radius 1 is 1.35 bits per heavy atom. The van der Waals surface area contributed by atoms with Crippen LogP contribution in [0.4, 0.5) is 0 Å². The summed E-state index contributed by atoms with van der Waals surface area (Å²) in [4.78, 5) is 0.798. The summed E-state index contributed by atoms with van der Waals surface area (Å²) in [6, 6.07) is 6.31. The maximum absolute atomic E-state index is 9.55. The third-order valence-corrected chi connectivity index (χ3v) is 3.85. The number of nitrogens with zero attached hydrogens (tertiary/aromatic N) is 1. The van der Waals surface area contributed by atoms with Crippen molar-refractivity contribution in [3.63, 3.8) is 0 Å². The summed E-state index contributed by atoms with van der Waals surface area (Å²) < 4.78 is 1.07. The van der Waals surface area contributed by atoms with E-state index in [2.05, 4.69) is 0 Å². The normalized spacial score (nSPS) is 14.5. The summed E-state index contributed by atoms with van der Waals surface area (Å²) in [6.07, 6.45) is 0. The van der Waals surface area contributed by atoms with E-state index in [9.17, 15) is 5.21 Å². The van der Waals surface area contributed by atoms with Crippen LogP contribution in [0, 0.1) is 0 Å². The van der Waals surface area contributed by atoms with Gasteiger partial charge in [0.2, 0.25) is 0 Å². The van der Waals surface area contributed by atoms with Gasteiger partial charge in [0.25, 0.3) is 0 Å². The molecule has 1 aromatic heterocycles. The van der Waals surface area contributed by atoms with E-state index >= 15 is 0 Å². The molecule has 0 fully saturated rings. The monoisotopic (exact) mass is 254 g/mol. The molecule has 1 aromatic carbocycles. The lowest BCUT2D eigenvalue weighted by Gasteiger charge is -2.29. The molecular formula is C11H14N2O3S. The molecule has 17 heavy (non-hydrogen) atoms. The van der Waals surface area contributed by atoms with E-state index in [4.69, 9.17) is 15.9 Å². The highest BCUT2D eigenvalue weighted by atomic mass is 32.1. The van der Waals surface area contributed by atoms with Crippen molar-refractivity contribution in [2.24, 2.45) is 5.73 Å². The maximum Gasteiger partial charge on any atom is 0.309 e. The van der Waals surface area contributed by atoms with Crippen LogP contribution >= 0.6 is 11.3 Å². The van der Waals surface area contributed by atoms with E-state index < -0.39 is 12.1 Å². The molecule has 5 N–H and O–H groups in total. The second-order valence-corrected chi connectivity index (χ2v) is 5.01. The summed E-state index contributed by atoms with van der Waals surface area (Å²) in [7, 11) is 0. The Balaban J connectivity index is 2.33. The molecule has 0 saturated heterocycles. The van der Waals surface area contributed by atoms with E-state index in [0.29, 0.717) is 5.06 Å². The quantitative estimate of drug-likeness (QED) is 0.488. The second kappa shape index (κ2) is 4.34. The van der Waals surface area contributed by atoms with Gasteiger partial charge in [-0.25, -0.2) is 0 Å². The molecule has 0 spiro atoms.